The molecule has 1 aromatic carbocycles. The highest BCUT2D eigenvalue weighted by molar-refractivity contribution is 6.03. The lowest BCUT2D eigenvalue weighted by Crippen LogP contribution is -2.16. The maximum Gasteiger partial charge on any atom is 0.258 e. The number of carbonyl (C=O) groups is 1. The van der Waals surface area contributed by atoms with Gasteiger partial charge in [-0.05, 0) is 44.0 Å². The molecular formula is C15H18N4O3. The zero-order chi connectivity index (χ0) is 15.4. The lowest BCUT2D eigenvalue weighted by molar-refractivity contribution is 0.0679. The van der Waals surface area contributed by atoms with Gasteiger partial charge in [-0.3, -0.25) is 15.2 Å². The number of aromatic nitrogens is 3. The molecule has 0 unspecified atom stereocenters. The summed E-state index contributed by atoms with van der Waals surface area (Å²) in [6.45, 7) is 3.12. The van der Waals surface area contributed by atoms with Crippen molar-refractivity contribution >= 4 is 11.9 Å². The van der Waals surface area contributed by atoms with Crippen molar-refractivity contribution in [3.05, 3.63) is 35.7 Å². The Morgan fingerprint density at radius 1 is 1.45 bits per heavy atom. The first-order valence-electron chi connectivity index (χ1n) is 7.25. The van der Waals surface area contributed by atoms with Crippen LogP contribution in [0, 0.1) is 6.92 Å². The van der Waals surface area contributed by atoms with Crippen LogP contribution in [0.4, 0.5) is 5.95 Å². The monoisotopic (exact) mass is 302 g/mol. The van der Waals surface area contributed by atoms with Crippen molar-refractivity contribution in [2.24, 2.45) is 0 Å². The molecule has 0 aliphatic carbocycles. The number of nitrogens with zero attached hydrogens (tertiary/aromatic N) is 2. The molecule has 2 heterocycles. The van der Waals surface area contributed by atoms with Gasteiger partial charge in [-0.25, -0.2) is 0 Å². The molecule has 3 rings (SSSR count). The van der Waals surface area contributed by atoms with Crippen LogP contribution in [0.3, 0.4) is 0 Å². The first-order chi connectivity index (χ1) is 10.7. The Morgan fingerprint density at radius 2 is 2.27 bits per heavy atom. The zero-order valence-corrected chi connectivity index (χ0v) is 12.3. The van der Waals surface area contributed by atoms with Crippen LogP contribution in [0.2, 0.25) is 0 Å². The average Bonchev–Trinajstić information content (AvgIpc) is 3.17. The third kappa shape index (κ3) is 3.62. The predicted octanol–water partition coefficient (Wildman–Crippen LogP) is 1.92. The summed E-state index contributed by atoms with van der Waals surface area (Å²) in [6.07, 6.45) is 2.31. The summed E-state index contributed by atoms with van der Waals surface area (Å²) in [6, 6.07) is 6.96. The largest absolute Gasteiger partial charge is 0.491 e. The van der Waals surface area contributed by atoms with Crippen LogP contribution in [-0.2, 0) is 4.74 Å². The number of amides is 1. The van der Waals surface area contributed by atoms with Crippen molar-refractivity contribution in [3.63, 3.8) is 0 Å². The van der Waals surface area contributed by atoms with Gasteiger partial charge in [-0.2, -0.15) is 4.98 Å². The fraction of sp³-hybridized carbons (Fsp3) is 0.400. The van der Waals surface area contributed by atoms with Crippen molar-refractivity contribution in [1.29, 1.82) is 0 Å². The molecule has 2 aromatic rings. The lowest BCUT2D eigenvalue weighted by Gasteiger charge is -2.11. The number of ether oxygens (including phenoxy) is 2. The summed E-state index contributed by atoms with van der Waals surface area (Å²) in [7, 11) is 0. The standard InChI is InChI=1S/C15H18N4O3/c1-10-16-15(19-18-10)17-14(20)11-4-6-12(7-5-11)22-9-13-3-2-8-21-13/h4-7,13H,2-3,8-9H2,1H3,(H2,16,17,18,19,20)/t13-/m0/s1. The highest BCUT2D eigenvalue weighted by atomic mass is 16.5. The summed E-state index contributed by atoms with van der Waals surface area (Å²) in [5.74, 6) is 1.37. The van der Waals surface area contributed by atoms with Crippen LogP contribution in [-0.4, -0.2) is 40.4 Å². The molecule has 7 nitrogen and oxygen atoms in total. The average molecular weight is 302 g/mol. The molecule has 0 spiro atoms. The van der Waals surface area contributed by atoms with E-state index < -0.39 is 0 Å². The highest BCUT2D eigenvalue weighted by Crippen LogP contribution is 2.17. The lowest BCUT2D eigenvalue weighted by atomic mass is 10.2. The topological polar surface area (TPSA) is 89.1 Å². The summed E-state index contributed by atoms with van der Waals surface area (Å²) < 4.78 is 11.2. The first kappa shape index (κ1) is 14.5. The number of benzene rings is 1. The number of carbonyl (C=O) groups excluding carboxylic acids is 1. The molecule has 1 amide bonds. The van der Waals surface area contributed by atoms with E-state index >= 15 is 0 Å². The minimum atomic E-state index is -0.260. The van der Waals surface area contributed by atoms with Crippen molar-refractivity contribution in [2.45, 2.75) is 25.9 Å². The fourth-order valence-electron chi connectivity index (χ4n) is 2.24. The first-order valence-corrected chi connectivity index (χ1v) is 7.25. The molecule has 0 saturated carbocycles. The molecule has 7 heteroatoms. The number of rotatable bonds is 5. The van der Waals surface area contributed by atoms with E-state index in [0.717, 1.165) is 25.2 Å². The minimum absolute atomic E-state index is 0.178. The molecule has 1 fully saturated rings. The summed E-state index contributed by atoms with van der Waals surface area (Å²) in [4.78, 5) is 16.1. The van der Waals surface area contributed by atoms with E-state index in [0.29, 0.717) is 18.0 Å². The van der Waals surface area contributed by atoms with E-state index in [1.807, 2.05) is 0 Å². The predicted molar refractivity (Wildman–Crippen MR) is 80.0 cm³/mol. The zero-order valence-electron chi connectivity index (χ0n) is 12.3. The fourth-order valence-corrected chi connectivity index (χ4v) is 2.24. The van der Waals surface area contributed by atoms with Gasteiger partial charge in [-0.1, -0.05) is 0 Å². The summed E-state index contributed by atoms with van der Waals surface area (Å²) >= 11 is 0. The Morgan fingerprint density at radius 3 is 2.91 bits per heavy atom. The quantitative estimate of drug-likeness (QED) is 0.881. The van der Waals surface area contributed by atoms with Gasteiger partial charge in [0.1, 0.15) is 18.2 Å². The highest BCUT2D eigenvalue weighted by Gasteiger charge is 2.16. The molecular weight excluding hydrogens is 284 g/mol. The number of hydrogen-bond donors (Lipinski definition) is 2. The second kappa shape index (κ2) is 6.57. The van der Waals surface area contributed by atoms with Gasteiger partial charge in [0.15, 0.2) is 0 Å². The minimum Gasteiger partial charge on any atom is -0.491 e. The Kier molecular flexibility index (Phi) is 4.34. The Bertz CT molecular complexity index is 632. The summed E-state index contributed by atoms with van der Waals surface area (Å²) in [5, 5.41) is 9.16. The maximum absolute atomic E-state index is 12.0. The van der Waals surface area contributed by atoms with Gasteiger partial charge in [-0.15, -0.1) is 5.10 Å². The van der Waals surface area contributed by atoms with Gasteiger partial charge in [0.2, 0.25) is 5.95 Å². The molecule has 1 atom stereocenters. The van der Waals surface area contributed by atoms with E-state index in [2.05, 4.69) is 20.5 Å². The number of nitrogens with one attached hydrogen (secondary N) is 2. The van der Waals surface area contributed by atoms with Crippen molar-refractivity contribution in [2.75, 3.05) is 18.5 Å². The second-order valence-electron chi connectivity index (χ2n) is 5.17. The molecule has 0 radical (unpaired) electrons. The van der Waals surface area contributed by atoms with Gasteiger partial charge in [0.25, 0.3) is 5.91 Å². The van der Waals surface area contributed by atoms with Crippen LogP contribution < -0.4 is 10.1 Å². The van der Waals surface area contributed by atoms with Gasteiger partial charge in [0, 0.05) is 12.2 Å². The number of anilines is 1. The Hall–Kier alpha value is -2.41. The number of hydrogen-bond acceptors (Lipinski definition) is 5. The number of H-pyrrole nitrogens is 1. The van der Waals surface area contributed by atoms with Gasteiger partial charge in [0.05, 0.1) is 6.10 Å². The van der Waals surface area contributed by atoms with E-state index in [9.17, 15) is 4.79 Å². The maximum atomic E-state index is 12.0. The SMILES string of the molecule is Cc1nc(NC(=O)c2ccc(OC[C@@H]3CCCO3)cc2)n[nH]1. The molecule has 22 heavy (non-hydrogen) atoms. The van der Waals surface area contributed by atoms with E-state index in [1.54, 1.807) is 31.2 Å². The van der Waals surface area contributed by atoms with Crippen LogP contribution in [0.15, 0.2) is 24.3 Å². The van der Waals surface area contributed by atoms with Crippen LogP contribution in [0.1, 0.15) is 29.0 Å². The molecule has 2 N–H and O–H groups in total. The molecule has 0 bridgehead atoms. The molecule has 1 aromatic heterocycles. The number of aromatic amines is 1. The van der Waals surface area contributed by atoms with Crippen molar-refractivity contribution in [3.8, 4) is 5.75 Å². The third-order valence-electron chi connectivity index (χ3n) is 3.40. The van der Waals surface area contributed by atoms with E-state index in [4.69, 9.17) is 9.47 Å². The van der Waals surface area contributed by atoms with Crippen molar-refractivity contribution in [1.82, 2.24) is 15.2 Å². The molecule has 1 aliphatic rings. The third-order valence-corrected chi connectivity index (χ3v) is 3.40. The Balaban J connectivity index is 1.54. The van der Waals surface area contributed by atoms with Gasteiger partial charge < -0.3 is 9.47 Å². The Labute approximate surface area is 128 Å². The van der Waals surface area contributed by atoms with E-state index in [-0.39, 0.29) is 18.0 Å². The van der Waals surface area contributed by atoms with E-state index in [1.165, 1.54) is 0 Å². The molecule has 1 aliphatic heterocycles. The van der Waals surface area contributed by atoms with Crippen LogP contribution in [0.25, 0.3) is 0 Å². The smallest absolute Gasteiger partial charge is 0.258 e. The molecule has 116 valence electrons. The normalized spacial score (nSPS) is 17.4. The summed E-state index contributed by atoms with van der Waals surface area (Å²) in [5.41, 5.74) is 0.520. The van der Waals surface area contributed by atoms with Crippen LogP contribution in [0.5, 0.6) is 5.75 Å². The van der Waals surface area contributed by atoms with Crippen molar-refractivity contribution < 1.29 is 14.3 Å². The van der Waals surface area contributed by atoms with Gasteiger partial charge >= 0.3 is 0 Å². The second-order valence-corrected chi connectivity index (χ2v) is 5.17. The number of aryl methyl sites for hydroxylation is 1. The molecule has 1 saturated heterocycles. The van der Waals surface area contributed by atoms with Crippen LogP contribution >= 0.6 is 0 Å².